The molecular weight excluding hydrogens is 296 g/mol. The number of para-hydroxylation sites is 1. The van der Waals surface area contributed by atoms with E-state index in [1.807, 2.05) is 24.3 Å². The summed E-state index contributed by atoms with van der Waals surface area (Å²) >= 11 is 0. The Labute approximate surface area is 142 Å². The highest BCUT2D eigenvalue weighted by molar-refractivity contribution is 5.90. The topological polar surface area (TPSA) is 50.7 Å². The van der Waals surface area contributed by atoms with Crippen LogP contribution in [0.1, 0.15) is 39.0 Å². The maximum Gasteiger partial charge on any atom is 0.162 e. The number of nitrogens with zero attached hydrogens (tertiary/aromatic N) is 3. The van der Waals surface area contributed by atoms with Crippen molar-refractivity contribution in [1.82, 2.24) is 15.0 Å². The molecule has 4 nitrogen and oxygen atoms in total. The van der Waals surface area contributed by atoms with E-state index in [1.165, 1.54) is 32.1 Å². The van der Waals surface area contributed by atoms with Gasteiger partial charge < -0.3 is 5.32 Å². The number of aromatic nitrogens is 3. The number of pyridine rings is 1. The maximum atomic E-state index is 4.86. The van der Waals surface area contributed by atoms with Crippen molar-refractivity contribution in [2.75, 3.05) is 5.32 Å². The van der Waals surface area contributed by atoms with Crippen LogP contribution in [0, 0.1) is 0 Å². The molecule has 0 unspecified atom stereocenters. The molecule has 2 aromatic heterocycles. The minimum Gasteiger partial charge on any atom is -0.364 e. The first kappa shape index (κ1) is 15.1. The SMILES string of the molecule is CC1(Nc2nc(-c3ccncc3)nc3ccccc23)CCCCC1. The summed E-state index contributed by atoms with van der Waals surface area (Å²) in [6.07, 6.45) is 9.84. The van der Waals surface area contributed by atoms with Crippen molar-refractivity contribution in [2.45, 2.75) is 44.6 Å². The van der Waals surface area contributed by atoms with Crippen LogP contribution in [0.25, 0.3) is 22.3 Å². The summed E-state index contributed by atoms with van der Waals surface area (Å²) in [5, 5.41) is 4.83. The van der Waals surface area contributed by atoms with Gasteiger partial charge in [-0.25, -0.2) is 9.97 Å². The summed E-state index contributed by atoms with van der Waals surface area (Å²) < 4.78 is 0. The Bertz CT molecular complexity index is 839. The molecule has 0 saturated heterocycles. The summed E-state index contributed by atoms with van der Waals surface area (Å²) in [7, 11) is 0. The van der Waals surface area contributed by atoms with Gasteiger partial charge in [0.1, 0.15) is 5.82 Å². The van der Waals surface area contributed by atoms with Crippen LogP contribution < -0.4 is 5.32 Å². The van der Waals surface area contributed by atoms with Gasteiger partial charge in [-0.1, -0.05) is 31.4 Å². The van der Waals surface area contributed by atoms with E-state index in [9.17, 15) is 0 Å². The first-order valence-electron chi connectivity index (χ1n) is 8.69. The Morgan fingerprint density at radius 3 is 2.46 bits per heavy atom. The fourth-order valence-corrected chi connectivity index (χ4v) is 3.54. The quantitative estimate of drug-likeness (QED) is 0.751. The predicted molar refractivity (Wildman–Crippen MR) is 97.9 cm³/mol. The number of fused-ring (bicyclic) bond motifs is 1. The summed E-state index contributed by atoms with van der Waals surface area (Å²) in [4.78, 5) is 13.7. The number of rotatable bonds is 3. The van der Waals surface area contributed by atoms with Gasteiger partial charge in [0.25, 0.3) is 0 Å². The Hall–Kier alpha value is -2.49. The molecule has 0 aliphatic heterocycles. The number of nitrogens with one attached hydrogen (secondary N) is 1. The smallest absolute Gasteiger partial charge is 0.162 e. The van der Waals surface area contributed by atoms with Crippen LogP contribution in [-0.4, -0.2) is 20.5 Å². The van der Waals surface area contributed by atoms with E-state index in [1.54, 1.807) is 12.4 Å². The second kappa shape index (κ2) is 6.19. The van der Waals surface area contributed by atoms with Gasteiger partial charge in [-0.05, 0) is 44.0 Å². The van der Waals surface area contributed by atoms with Crippen LogP contribution in [0.15, 0.2) is 48.8 Å². The van der Waals surface area contributed by atoms with Crippen LogP contribution in [0.5, 0.6) is 0 Å². The highest BCUT2D eigenvalue weighted by atomic mass is 15.1. The molecule has 0 bridgehead atoms. The molecule has 4 heteroatoms. The number of anilines is 1. The summed E-state index contributed by atoms with van der Waals surface area (Å²) in [5.41, 5.74) is 2.08. The van der Waals surface area contributed by atoms with E-state index in [4.69, 9.17) is 9.97 Å². The normalized spacial score (nSPS) is 16.9. The number of hydrogen-bond acceptors (Lipinski definition) is 4. The Morgan fingerprint density at radius 1 is 0.917 bits per heavy atom. The van der Waals surface area contributed by atoms with Crippen molar-refractivity contribution in [3.05, 3.63) is 48.8 Å². The van der Waals surface area contributed by atoms with Crippen molar-refractivity contribution in [3.8, 4) is 11.4 Å². The molecule has 3 aromatic rings. The van der Waals surface area contributed by atoms with E-state index in [0.717, 1.165) is 28.1 Å². The first-order valence-corrected chi connectivity index (χ1v) is 8.69. The van der Waals surface area contributed by atoms with E-state index in [0.29, 0.717) is 0 Å². The second-order valence-electron chi connectivity index (χ2n) is 6.90. The predicted octanol–water partition coefficient (Wildman–Crippen LogP) is 4.83. The summed E-state index contributed by atoms with van der Waals surface area (Å²) in [5.74, 6) is 1.69. The average molecular weight is 318 g/mol. The lowest BCUT2D eigenvalue weighted by atomic mass is 9.83. The molecule has 0 spiro atoms. The lowest BCUT2D eigenvalue weighted by Crippen LogP contribution is -2.37. The first-order chi connectivity index (χ1) is 11.7. The van der Waals surface area contributed by atoms with Gasteiger partial charge in [-0.2, -0.15) is 0 Å². The summed E-state index contributed by atoms with van der Waals surface area (Å²) in [6, 6.07) is 12.1. The van der Waals surface area contributed by atoms with Crippen LogP contribution in [0.3, 0.4) is 0 Å². The van der Waals surface area contributed by atoms with Crippen molar-refractivity contribution >= 4 is 16.7 Å². The lowest BCUT2D eigenvalue weighted by molar-refractivity contribution is 0.349. The molecule has 1 fully saturated rings. The Balaban J connectivity index is 1.80. The molecule has 2 heterocycles. The minimum absolute atomic E-state index is 0.116. The minimum atomic E-state index is 0.116. The third-order valence-corrected chi connectivity index (χ3v) is 4.92. The van der Waals surface area contributed by atoms with Crippen LogP contribution in [-0.2, 0) is 0 Å². The highest BCUT2D eigenvalue weighted by Gasteiger charge is 2.27. The Morgan fingerprint density at radius 2 is 1.67 bits per heavy atom. The zero-order chi connectivity index (χ0) is 16.4. The van der Waals surface area contributed by atoms with Gasteiger partial charge in [0.05, 0.1) is 5.52 Å². The molecular formula is C20H22N4. The van der Waals surface area contributed by atoms with Gasteiger partial charge >= 0.3 is 0 Å². The second-order valence-corrected chi connectivity index (χ2v) is 6.90. The van der Waals surface area contributed by atoms with Gasteiger partial charge in [0, 0.05) is 28.9 Å². The molecule has 1 N–H and O–H groups in total. The highest BCUT2D eigenvalue weighted by Crippen LogP contribution is 2.33. The van der Waals surface area contributed by atoms with Crippen LogP contribution >= 0.6 is 0 Å². The number of benzene rings is 1. The molecule has 1 aliphatic carbocycles. The van der Waals surface area contributed by atoms with Crippen molar-refractivity contribution in [2.24, 2.45) is 0 Å². The van der Waals surface area contributed by atoms with E-state index < -0.39 is 0 Å². The van der Waals surface area contributed by atoms with Crippen LogP contribution in [0.4, 0.5) is 5.82 Å². The van der Waals surface area contributed by atoms with E-state index >= 15 is 0 Å². The average Bonchev–Trinajstić information content (AvgIpc) is 2.63. The van der Waals surface area contributed by atoms with Crippen LogP contribution in [0.2, 0.25) is 0 Å². The van der Waals surface area contributed by atoms with Crippen molar-refractivity contribution in [3.63, 3.8) is 0 Å². The largest absolute Gasteiger partial charge is 0.364 e. The Kier molecular flexibility index (Phi) is 3.89. The lowest BCUT2D eigenvalue weighted by Gasteiger charge is -2.35. The molecule has 1 saturated carbocycles. The van der Waals surface area contributed by atoms with E-state index in [2.05, 4.69) is 29.4 Å². The molecule has 0 amide bonds. The zero-order valence-corrected chi connectivity index (χ0v) is 14.0. The number of hydrogen-bond donors (Lipinski definition) is 1. The monoisotopic (exact) mass is 318 g/mol. The third kappa shape index (κ3) is 2.96. The standard InChI is InChI=1S/C20H22N4/c1-20(11-5-2-6-12-20)24-19-16-7-3-4-8-17(16)22-18(23-19)15-9-13-21-14-10-15/h3-4,7-10,13-14H,2,5-6,11-12H2,1H3,(H,22,23,24). The third-order valence-electron chi connectivity index (χ3n) is 4.92. The molecule has 1 aromatic carbocycles. The molecule has 24 heavy (non-hydrogen) atoms. The summed E-state index contributed by atoms with van der Waals surface area (Å²) in [6.45, 7) is 2.31. The van der Waals surface area contributed by atoms with Gasteiger partial charge in [0.15, 0.2) is 5.82 Å². The van der Waals surface area contributed by atoms with Gasteiger partial charge in [-0.3, -0.25) is 4.98 Å². The maximum absolute atomic E-state index is 4.86. The van der Waals surface area contributed by atoms with Gasteiger partial charge in [0.2, 0.25) is 0 Å². The van der Waals surface area contributed by atoms with E-state index in [-0.39, 0.29) is 5.54 Å². The molecule has 1 aliphatic rings. The fourth-order valence-electron chi connectivity index (χ4n) is 3.54. The fraction of sp³-hybridized carbons (Fsp3) is 0.350. The molecule has 0 atom stereocenters. The van der Waals surface area contributed by atoms with Crippen molar-refractivity contribution in [1.29, 1.82) is 0 Å². The van der Waals surface area contributed by atoms with Gasteiger partial charge in [-0.15, -0.1) is 0 Å². The molecule has 0 radical (unpaired) electrons. The van der Waals surface area contributed by atoms with Crippen molar-refractivity contribution < 1.29 is 0 Å². The zero-order valence-electron chi connectivity index (χ0n) is 14.0. The molecule has 122 valence electrons. The molecule has 4 rings (SSSR count).